The Morgan fingerprint density at radius 2 is 1.74 bits per heavy atom. The fourth-order valence-electron chi connectivity index (χ4n) is 2.54. The zero-order valence-electron chi connectivity index (χ0n) is 10.2. The number of hydrogen-bond donors (Lipinski definition) is 0. The van der Waals surface area contributed by atoms with Crippen molar-refractivity contribution < 1.29 is 4.79 Å². The van der Waals surface area contributed by atoms with Crippen LogP contribution in [0.25, 0.3) is 0 Å². The van der Waals surface area contributed by atoms with Gasteiger partial charge in [-0.2, -0.15) is 0 Å². The molecule has 0 amide bonds. The molecule has 1 atom stereocenters. The van der Waals surface area contributed by atoms with Crippen molar-refractivity contribution in [2.45, 2.75) is 18.8 Å². The van der Waals surface area contributed by atoms with Crippen LogP contribution in [0.4, 0.5) is 0 Å². The second-order valence-corrected chi connectivity index (χ2v) is 5.61. The van der Waals surface area contributed by atoms with Crippen molar-refractivity contribution in [3.63, 3.8) is 0 Å². The van der Waals surface area contributed by atoms with Gasteiger partial charge in [-0.05, 0) is 35.2 Å². The molecular formula is C16H12Cl2O. The monoisotopic (exact) mass is 290 g/mol. The molecule has 0 fully saturated rings. The number of benzene rings is 2. The lowest BCUT2D eigenvalue weighted by atomic mass is 9.74. The van der Waals surface area contributed by atoms with E-state index in [-0.39, 0.29) is 11.7 Å². The molecule has 0 aromatic heterocycles. The van der Waals surface area contributed by atoms with E-state index < -0.39 is 0 Å². The lowest BCUT2D eigenvalue weighted by Gasteiger charge is -2.29. The lowest BCUT2D eigenvalue weighted by molar-refractivity contribution is -0.120. The van der Waals surface area contributed by atoms with Crippen LogP contribution in [0.3, 0.4) is 0 Å². The van der Waals surface area contributed by atoms with Crippen LogP contribution in [0.5, 0.6) is 0 Å². The van der Waals surface area contributed by atoms with Crippen LogP contribution in [-0.2, 0) is 17.6 Å². The molecule has 0 heterocycles. The van der Waals surface area contributed by atoms with E-state index in [1.807, 2.05) is 18.2 Å². The second-order valence-electron chi connectivity index (χ2n) is 4.80. The molecule has 0 saturated carbocycles. The van der Waals surface area contributed by atoms with Crippen LogP contribution in [0.1, 0.15) is 22.6 Å². The van der Waals surface area contributed by atoms with E-state index in [1.54, 1.807) is 18.2 Å². The number of carbonyl (C=O) groups is 1. The van der Waals surface area contributed by atoms with E-state index in [9.17, 15) is 4.79 Å². The molecule has 0 saturated heterocycles. The summed E-state index contributed by atoms with van der Waals surface area (Å²) in [7, 11) is 0. The van der Waals surface area contributed by atoms with Gasteiger partial charge in [-0.15, -0.1) is 0 Å². The third kappa shape index (κ3) is 2.29. The molecule has 0 spiro atoms. The average molecular weight is 291 g/mol. The van der Waals surface area contributed by atoms with E-state index in [1.165, 1.54) is 5.56 Å². The molecule has 2 aromatic rings. The maximum Gasteiger partial charge on any atom is 0.145 e. The average Bonchev–Trinajstić information content (AvgIpc) is 2.35. The maximum absolute atomic E-state index is 12.3. The van der Waals surface area contributed by atoms with E-state index in [4.69, 9.17) is 23.2 Å². The van der Waals surface area contributed by atoms with Gasteiger partial charge in [0, 0.05) is 22.4 Å². The first-order valence-corrected chi connectivity index (χ1v) is 6.96. The van der Waals surface area contributed by atoms with Gasteiger partial charge in [0.05, 0.1) is 0 Å². The SMILES string of the molecule is O=C(Cc1c(Cl)cccc1Cl)C1Cc2ccccc21. The number of halogens is 2. The van der Waals surface area contributed by atoms with E-state index in [0.29, 0.717) is 16.5 Å². The molecule has 1 aliphatic carbocycles. The highest BCUT2D eigenvalue weighted by Crippen LogP contribution is 2.37. The summed E-state index contributed by atoms with van der Waals surface area (Å²) in [4.78, 5) is 12.3. The van der Waals surface area contributed by atoms with Crippen molar-refractivity contribution in [3.8, 4) is 0 Å². The number of rotatable bonds is 3. The second kappa shape index (κ2) is 4.99. The Hall–Kier alpha value is -1.31. The minimum atomic E-state index is 0.00328. The normalized spacial score (nSPS) is 16.6. The summed E-state index contributed by atoms with van der Waals surface area (Å²) in [6, 6.07) is 13.4. The molecule has 1 unspecified atom stereocenters. The molecule has 19 heavy (non-hydrogen) atoms. The summed E-state index contributed by atoms with van der Waals surface area (Å²) in [6.07, 6.45) is 1.13. The van der Waals surface area contributed by atoms with Crippen LogP contribution in [-0.4, -0.2) is 5.78 Å². The quantitative estimate of drug-likeness (QED) is 0.816. The lowest BCUT2D eigenvalue weighted by Crippen LogP contribution is -2.26. The van der Waals surface area contributed by atoms with Gasteiger partial charge in [0.1, 0.15) is 5.78 Å². The van der Waals surface area contributed by atoms with Gasteiger partial charge in [0.2, 0.25) is 0 Å². The van der Waals surface area contributed by atoms with Gasteiger partial charge < -0.3 is 0 Å². The van der Waals surface area contributed by atoms with Crippen molar-refractivity contribution in [3.05, 3.63) is 69.2 Å². The van der Waals surface area contributed by atoms with Crippen LogP contribution < -0.4 is 0 Å². The summed E-state index contributed by atoms with van der Waals surface area (Å²) in [6.45, 7) is 0. The van der Waals surface area contributed by atoms with Crippen molar-refractivity contribution in [2.24, 2.45) is 0 Å². The Kier molecular flexibility index (Phi) is 3.34. The molecular weight excluding hydrogens is 279 g/mol. The molecule has 0 radical (unpaired) electrons. The molecule has 0 aliphatic heterocycles. The smallest absolute Gasteiger partial charge is 0.145 e. The highest BCUT2D eigenvalue weighted by molar-refractivity contribution is 6.36. The number of carbonyl (C=O) groups excluding carboxylic acids is 1. The number of Topliss-reactive ketones (excluding diaryl/α,β-unsaturated/α-hetero) is 1. The summed E-state index contributed by atoms with van der Waals surface area (Å²) >= 11 is 12.2. The minimum Gasteiger partial charge on any atom is -0.299 e. The maximum atomic E-state index is 12.3. The first-order valence-electron chi connectivity index (χ1n) is 6.20. The molecule has 96 valence electrons. The molecule has 0 bridgehead atoms. The van der Waals surface area contributed by atoms with E-state index in [0.717, 1.165) is 17.5 Å². The van der Waals surface area contributed by atoms with E-state index >= 15 is 0 Å². The molecule has 2 aromatic carbocycles. The van der Waals surface area contributed by atoms with Gasteiger partial charge in [0.25, 0.3) is 0 Å². The van der Waals surface area contributed by atoms with Crippen LogP contribution in [0, 0.1) is 0 Å². The van der Waals surface area contributed by atoms with Crippen LogP contribution in [0.15, 0.2) is 42.5 Å². The Morgan fingerprint density at radius 1 is 1.05 bits per heavy atom. The summed E-state index contributed by atoms with van der Waals surface area (Å²) in [5, 5.41) is 1.13. The topological polar surface area (TPSA) is 17.1 Å². The summed E-state index contributed by atoms with van der Waals surface area (Å²) in [5.41, 5.74) is 3.15. The Labute approximate surface area is 122 Å². The summed E-state index contributed by atoms with van der Waals surface area (Å²) in [5.74, 6) is 0.192. The van der Waals surface area contributed by atoms with Crippen molar-refractivity contribution in [1.29, 1.82) is 0 Å². The minimum absolute atomic E-state index is 0.00328. The Balaban J connectivity index is 1.81. The van der Waals surface area contributed by atoms with Gasteiger partial charge in [-0.25, -0.2) is 0 Å². The zero-order chi connectivity index (χ0) is 13.4. The Morgan fingerprint density at radius 3 is 2.42 bits per heavy atom. The first-order chi connectivity index (χ1) is 9.16. The number of hydrogen-bond acceptors (Lipinski definition) is 1. The predicted molar refractivity (Wildman–Crippen MR) is 78.1 cm³/mol. The zero-order valence-corrected chi connectivity index (χ0v) is 11.7. The fraction of sp³-hybridized carbons (Fsp3) is 0.188. The third-order valence-electron chi connectivity index (χ3n) is 3.66. The van der Waals surface area contributed by atoms with Gasteiger partial charge in [-0.1, -0.05) is 53.5 Å². The Bertz CT molecular complexity index is 629. The largest absolute Gasteiger partial charge is 0.299 e. The van der Waals surface area contributed by atoms with Gasteiger partial charge in [-0.3, -0.25) is 4.79 Å². The highest BCUT2D eigenvalue weighted by atomic mass is 35.5. The first kappa shape index (κ1) is 12.7. The van der Waals surface area contributed by atoms with Gasteiger partial charge >= 0.3 is 0 Å². The standard InChI is InChI=1S/C16H12Cl2O/c17-14-6-3-7-15(18)13(14)9-16(19)12-8-10-4-1-2-5-11(10)12/h1-7,12H,8-9H2. The van der Waals surface area contributed by atoms with Crippen LogP contribution in [0.2, 0.25) is 10.0 Å². The van der Waals surface area contributed by atoms with Crippen molar-refractivity contribution >= 4 is 29.0 Å². The molecule has 3 rings (SSSR count). The van der Waals surface area contributed by atoms with Crippen molar-refractivity contribution in [2.75, 3.05) is 0 Å². The molecule has 1 nitrogen and oxygen atoms in total. The molecule has 0 N–H and O–H groups in total. The number of fused-ring (bicyclic) bond motifs is 1. The third-order valence-corrected chi connectivity index (χ3v) is 4.36. The highest BCUT2D eigenvalue weighted by Gasteiger charge is 2.31. The molecule has 1 aliphatic rings. The number of ketones is 1. The molecule has 3 heteroatoms. The summed E-state index contributed by atoms with van der Waals surface area (Å²) < 4.78 is 0. The predicted octanol–water partition coefficient (Wildman–Crippen LogP) is 4.44. The fourth-order valence-corrected chi connectivity index (χ4v) is 3.08. The van der Waals surface area contributed by atoms with Gasteiger partial charge in [0.15, 0.2) is 0 Å². The van der Waals surface area contributed by atoms with Crippen LogP contribution >= 0.6 is 23.2 Å². The van der Waals surface area contributed by atoms with E-state index in [2.05, 4.69) is 6.07 Å². The van der Waals surface area contributed by atoms with Crippen molar-refractivity contribution in [1.82, 2.24) is 0 Å².